The van der Waals surface area contributed by atoms with Gasteiger partial charge in [0.2, 0.25) is 23.6 Å². The van der Waals surface area contributed by atoms with E-state index in [1.54, 1.807) is 12.1 Å². The predicted octanol–water partition coefficient (Wildman–Crippen LogP) is 6.01. The molecule has 2 aromatic carbocycles. The molecule has 0 radical (unpaired) electrons. The molecule has 0 saturated carbocycles. The lowest BCUT2D eigenvalue weighted by Crippen LogP contribution is -2.66. The molecule has 8 rings (SSSR count). The van der Waals surface area contributed by atoms with Gasteiger partial charge in [-0.25, -0.2) is 18.7 Å². The summed E-state index contributed by atoms with van der Waals surface area (Å²) in [7, 11) is 3.05. The SMILES string of the molecule is COc1nc(-c2ccc(F)c(-c3c(F)ccc(-c4ccc(CN5CC6(CCC(=O)N6)C5)c(OC)n4)c3Cl)c2Cl)ccc1CN1CC2(CCC(=O)N2)C1. The topological polar surface area (TPSA) is 109 Å². The van der Waals surface area contributed by atoms with Crippen molar-refractivity contribution in [3.05, 3.63) is 81.3 Å². The van der Waals surface area contributed by atoms with Crippen molar-refractivity contribution in [3.8, 4) is 45.4 Å². The van der Waals surface area contributed by atoms with E-state index in [1.807, 2.05) is 12.1 Å². The summed E-state index contributed by atoms with van der Waals surface area (Å²) in [5.41, 5.74) is 2.55. The minimum Gasteiger partial charge on any atom is -0.481 e. The molecular weight excluding hydrogens is 713 g/mol. The first-order valence-electron chi connectivity index (χ1n) is 17.1. The Kier molecular flexibility index (Phi) is 8.84. The van der Waals surface area contributed by atoms with Crippen LogP contribution in [0.4, 0.5) is 8.78 Å². The number of hydrogen-bond acceptors (Lipinski definition) is 8. The van der Waals surface area contributed by atoms with Crippen molar-refractivity contribution in [2.75, 3.05) is 40.4 Å². The Labute approximate surface area is 309 Å². The molecule has 52 heavy (non-hydrogen) atoms. The van der Waals surface area contributed by atoms with E-state index in [1.165, 1.54) is 38.5 Å². The molecular formula is C38H36Cl2F2N6O4. The summed E-state index contributed by atoms with van der Waals surface area (Å²) in [6.45, 7) is 4.13. The van der Waals surface area contributed by atoms with Gasteiger partial charge in [-0.2, -0.15) is 0 Å². The number of aromatic nitrogens is 2. The van der Waals surface area contributed by atoms with Crippen LogP contribution >= 0.6 is 23.2 Å². The summed E-state index contributed by atoms with van der Waals surface area (Å²) in [5.74, 6) is -0.576. The first kappa shape index (κ1) is 34.7. The molecule has 0 bridgehead atoms. The minimum atomic E-state index is -0.757. The van der Waals surface area contributed by atoms with Crippen molar-refractivity contribution < 1.29 is 27.8 Å². The second kappa shape index (κ2) is 13.2. The average molecular weight is 750 g/mol. The highest BCUT2D eigenvalue weighted by atomic mass is 35.5. The Balaban J connectivity index is 1.06. The van der Waals surface area contributed by atoms with Crippen LogP contribution in [-0.4, -0.2) is 83.1 Å². The summed E-state index contributed by atoms with van der Waals surface area (Å²) in [6, 6.07) is 12.7. The van der Waals surface area contributed by atoms with E-state index in [9.17, 15) is 9.59 Å². The fourth-order valence-electron chi connectivity index (χ4n) is 8.14. The normalized spacial score (nSPS) is 19.0. The molecule has 2 N–H and O–H groups in total. The maximum absolute atomic E-state index is 15.7. The zero-order chi connectivity index (χ0) is 36.4. The number of amides is 2. The van der Waals surface area contributed by atoms with Crippen molar-refractivity contribution in [2.45, 2.75) is 49.9 Å². The third-order valence-corrected chi connectivity index (χ3v) is 11.4. The highest BCUT2D eigenvalue weighted by Gasteiger charge is 2.48. The highest BCUT2D eigenvalue weighted by Crippen LogP contribution is 2.45. The molecule has 0 atom stereocenters. The monoisotopic (exact) mass is 748 g/mol. The first-order valence-corrected chi connectivity index (χ1v) is 17.9. The van der Waals surface area contributed by atoms with Gasteiger partial charge in [-0.05, 0) is 49.2 Å². The van der Waals surface area contributed by atoms with Gasteiger partial charge >= 0.3 is 0 Å². The van der Waals surface area contributed by atoms with Crippen molar-refractivity contribution in [2.24, 2.45) is 0 Å². The lowest BCUT2D eigenvalue weighted by molar-refractivity contribution is -0.121. The Morgan fingerprint density at radius 1 is 0.673 bits per heavy atom. The van der Waals surface area contributed by atoms with Gasteiger partial charge in [0.15, 0.2) is 0 Å². The first-order chi connectivity index (χ1) is 25.0. The van der Waals surface area contributed by atoms with Gasteiger partial charge in [-0.15, -0.1) is 0 Å². The molecule has 4 aliphatic heterocycles. The molecule has 0 aliphatic carbocycles. The van der Waals surface area contributed by atoms with Crippen molar-refractivity contribution in [3.63, 3.8) is 0 Å². The molecule has 2 amide bonds. The van der Waals surface area contributed by atoms with Crippen LogP contribution in [0.25, 0.3) is 33.6 Å². The zero-order valence-corrected chi connectivity index (χ0v) is 30.1. The van der Waals surface area contributed by atoms with Crippen LogP contribution in [0.5, 0.6) is 11.8 Å². The maximum Gasteiger partial charge on any atom is 0.220 e. The summed E-state index contributed by atoms with van der Waals surface area (Å²) >= 11 is 13.8. The Bertz CT molecular complexity index is 1970. The van der Waals surface area contributed by atoms with Gasteiger partial charge in [0.05, 0.1) is 46.7 Å². The number of hydrogen-bond donors (Lipinski definition) is 2. The van der Waals surface area contributed by atoms with Gasteiger partial charge in [-0.1, -0.05) is 35.3 Å². The van der Waals surface area contributed by atoms with E-state index >= 15 is 8.78 Å². The number of benzene rings is 2. The van der Waals surface area contributed by atoms with Gasteiger partial charge in [-0.3, -0.25) is 19.4 Å². The fraction of sp³-hybridized carbons (Fsp3) is 0.368. The Hall–Kier alpha value is -4.36. The predicted molar refractivity (Wildman–Crippen MR) is 192 cm³/mol. The van der Waals surface area contributed by atoms with Gasteiger partial charge in [0, 0.05) is 85.5 Å². The molecule has 10 nitrogen and oxygen atoms in total. The molecule has 4 saturated heterocycles. The molecule has 270 valence electrons. The number of nitrogens with zero attached hydrogens (tertiary/aromatic N) is 4. The van der Waals surface area contributed by atoms with Crippen molar-refractivity contribution in [1.29, 1.82) is 0 Å². The standard InChI is InChI=1S/C38H36Cl2F2N6O4/c1-51-35-21(15-47-17-37(18-47)13-11-29(49)45-37)3-9-27(43-35)23-5-7-25(41)31(33(23)39)32-26(42)8-6-24(34(32)40)28-10-4-22(36(44-28)52-2)16-48-19-38(20-48)14-12-30(50)46-38/h3-10H,11-20H2,1-2H3,(H,45,49)(H,46,50). The molecule has 6 heterocycles. The highest BCUT2D eigenvalue weighted by molar-refractivity contribution is 6.39. The van der Waals surface area contributed by atoms with Crippen LogP contribution in [0.2, 0.25) is 10.0 Å². The van der Waals surface area contributed by atoms with E-state index in [-0.39, 0.29) is 44.1 Å². The van der Waals surface area contributed by atoms with Gasteiger partial charge in [0.1, 0.15) is 11.6 Å². The quantitative estimate of drug-likeness (QED) is 0.215. The van der Waals surface area contributed by atoms with Crippen LogP contribution in [-0.2, 0) is 22.7 Å². The van der Waals surface area contributed by atoms with Crippen LogP contribution in [0.15, 0.2) is 48.5 Å². The molecule has 2 spiro atoms. The van der Waals surface area contributed by atoms with E-state index in [4.69, 9.17) is 42.6 Å². The number of nitrogens with one attached hydrogen (secondary N) is 2. The van der Waals surface area contributed by atoms with Crippen LogP contribution < -0.4 is 20.1 Å². The maximum atomic E-state index is 15.7. The van der Waals surface area contributed by atoms with Crippen molar-refractivity contribution in [1.82, 2.24) is 30.4 Å². The number of methoxy groups -OCH3 is 2. The number of halogens is 4. The van der Waals surface area contributed by atoms with Crippen molar-refractivity contribution >= 4 is 35.0 Å². The third-order valence-electron chi connectivity index (χ3n) is 10.6. The van der Waals surface area contributed by atoms with E-state index in [0.717, 1.165) is 50.1 Å². The summed E-state index contributed by atoms with van der Waals surface area (Å²) < 4.78 is 42.6. The number of carbonyl (C=O) groups excluding carboxylic acids is 2. The molecule has 4 aromatic rings. The van der Waals surface area contributed by atoms with Crippen LogP contribution in [0, 0.1) is 11.6 Å². The lowest BCUT2D eigenvalue weighted by atomic mass is 9.88. The molecule has 4 fully saturated rings. The number of pyridine rings is 2. The summed E-state index contributed by atoms with van der Waals surface area (Å²) in [6.07, 6.45) is 2.76. The number of likely N-dealkylation sites (tertiary alicyclic amines) is 2. The Morgan fingerprint density at radius 2 is 1.08 bits per heavy atom. The van der Waals surface area contributed by atoms with E-state index in [0.29, 0.717) is 60.2 Å². The van der Waals surface area contributed by atoms with Gasteiger partial charge in [0.25, 0.3) is 0 Å². The second-order valence-electron chi connectivity index (χ2n) is 14.2. The summed E-state index contributed by atoms with van der Waals surface area (Å²) in [5, 5.41) is 6.05. The smallest absolute Gasteiger partial charge is 0.220 e. The molecule has 0 unspecified atom stereocenters. The third kappa shape index (κ3) is 6.15. The van der Waals surface area contributed by atoms with Crippen LogP contribution in [0.3, 0.4) is 0 Å². The second-order valence-corrected chi connectivity index (χ2v) is 15.0. The Morgan fingerprint density at radius 3 is 1.42 bits per heavy atom. The average Bonchev–Trinajstić information content (AvgIpc) is 3.69. The van der Waals surface area contributed by atoms with Crippen LogP contribution in [0.1, 0.15) is 36.8 Å². The van der Waals surface area contributed by atoms with E-state index < -0.39 is 11.6 Å². The molecule has 2 aromatic heterocycles. The number of rotatable bonds is 9. The van der Waals surface area contributed by atoms with E-state index in [2.05, 4.69) is 20.4 Å². The fourth-order valence-corrected chi connectivity index (χ4v) is 8.83. The molecule has 4 aliphatic rings. The number of ether oxygens (including phenoxy) is 2. The minimum absolute atomic E-state index is 0.0615. The van der Waals surface area contributed by atoms with Gasteiger partial charge < -0.3 is 20.1 Å². The lowest BCUT2D eigenvalue weighted by Gasteiger charge is -2.48. The molecule has 14 heteroatoms. The zero-order valence-electron chi connectivity index (χ0n) is 28.6. The number of carbonyl (C=O) groups is 2. The largest absolute Gasteiger partial charge is 0.481 e. The summed E-state index contributed by atoms with van der Waals surface area (Å²) in [4.78, 5) is 37.3.